The molecule has 1 amide bonds. The molecule has 0 radical (unpaired) electrons. The number of hydrogen-bond acceptors (Lipinski definition) is 4. The molecule has 0 saturated carbocycles. The van der Waals surface area contributed by atoms with Crippen molar-refractivity contribution in [2.75, 3.05) is 19.4 Å². The molecule has 1 unspecified atom stereocenters. The van der Waals surface area contributed by atoms with Gasteiger partial charge in [-0.15, -0.1) is 0 Å². The summed E-state index contributed by atoms with van der Waals surface area (Å²) in [6.07, 6.45) is 0.893. The van der Waals surface area contributed by atoms with Crippen LogP contribution in [0, 0.1) is 0 Å². The van der Waals surface area contributed by atoms with Gasteiger partial charge in [0.05, 0.1) is 0 Å². The number of aliphatic carboxylic acids is 1. The van der Waals surface area contributed by atoms with E-state index in [1.165, 1.54) is 13.1 Å². The summed E-state index contributed by atoms with van der Waals surface area (Å²) in [5.41, 5.74) is 6.94. The Morgan fingerprint density at radius 1 is 1.45 bits per heavy atom. The fraction of sp³-hybridized carbons (Fsp3) is 0.286. The average Bonchev–Trinajstić information content (AvgIpc) is 2.43. The molecule has 0 saturated heterocycles. The molecular formula is C14H18N2O4. The Balaban J connectivity index is 2.78. The Morgan fingerprint density at radius 3 is 2.55 bits per heavy atom. The Kier molecular flexibility index (Phi) is 5.58. The van der Waals surface area contributed by atoms with E-state index in [1.807, 2.05) is 0 Å². The summed E-state index contributed by atoms with van der Waals surface area (Å²) < 4.78 is 4.83. The van der Waals surface area contributed by atoms with E-state index in [2.05, 4.69) is 6.58 Å². The minimum absolute atomic E-state index is 0.0391. The Bertz CT molecular complexity index is 484. The minimum atomic E-state index is -1.10. The second-order valence-electron chi connectivity index (χ2n) is 4.28. The van der Waals surface area contributed by atoms with Gasteiger partial charge in [-0.1, -0.05) is 24.8 Å². The summed E-state index contributed by atoms with van der Waals surface area (Å²) in [5, 5.41) is 9.24. The highest BCUT2D eigenvalue weighted by molar-refractivity contribution is 5.80. The Morgan fingerprint density at radius 2 is 2.05 bits per heavy atom. The third-order valence-electron chi connectivity index (χ3n) is 2.77. The summed E-state index contributed by atoms with van der Waals surface area (Å²) in [5.74, 6) is -1.10. The summed E-state index contributed by atoms with van der Waals surface area (Å²) >= 11 is 0. The lowest BCUT2D eigenvalue weighted by Crippen LogP contribution is -2.44. The number of amides is 1. The lowest BCUT2D eigenvalue weighted by Gasteiger charge is -2.24. The molecule has 0 heterocycles. The zero-order valence-corrected chi connectivity index (χ0v) is 11.3. The molecule has 1 atom stereocenters. The second-order valence-corrected chi connectivity index (χ2v) is 4.28. The van der Waals surface area contributed by atoms with Crippen LogP contribution in [0.3, 0.4) is 0 Å². The molecule has 0 spiro atoms. The number of nitrogen functional groups attached to an aromatic ring is 1. The van der Waals surface area contributed by atoms with Crippen LogP contribution in [0.1, 0.15) is 5.56 Å². The smallest absolute Gasteiger partial charge is 0.410 e. The Labute approximate surface area is 117 Å². The van der Waals surface area contributed by atoms with Gasteiger partial charge in [-0.25, -0.2) is 9.59 Å². The van der Waals surface area contributed by atoms with E-state index in [9.17, 15) is 14.7 Å². The molecule has 0 fully saturated rings. The molecule has 6 nitrogen and oxygen atoms in total. The van der Waals surface area contributed by atoms with E-state index in [1.54, 1.807) is 24.3 Å². The topological polar surface area (TPSA) is 92.9 Å². The molecule has 3 N–H and O–H groups in total. The zero-order valence-electron chi connectivity index (χ0n) is 11.3. The number of rotatable bonds is 6. The molecule has 1 aromatic rings. The van der Waals surface area contributed by atoms with Gasteiger partial charge in [-0.3, -0.25) is 4.90 Å². The van der Waals surface area contributed by atoms with Gasteiger partial charge in [-0.05, 0) is 17.7 Å². The normalized spacial score (nSPS) is 11.4. The molecule has 0 aliphatic rings. The van der Waals surface area contributed by atoms with Crippen molar-refractivity contribution in [1.82, 2.24) is 4.90 Å². The number of hydrogen-bond donors (Lipinski definition) is 2. The highest BCUT2D eigenvalue weighted by Gasteiger charge is 2.27. The minimum Gasteiger partial charge on any atom is -0.480 e. The number of ether oxygens (including phenoxy) is 1. The lowest BCUT2D eigenvalue weighted by molar-refractivity contribution is -0.142. The summed E-state index contributed by atoms with van der Waals surface area (Å²) in [7, 11) is 1.39. The molecule has 1 rings (SSSR count). The monoisotopic (exact) mass is 278 g/mol. The number of likely N-dealkylation sites (N-methyl/N-ethyl adjacent to an activating group) is 1. The van der Waals surface area contributed by atoms with Crippen LogP contribution in [0.5, 0.6) is 0 Å². The van der Waals surface area contributed by atoms with Crippen LogP contribution in [0.25, 0.3) is 0 Å². The van der Waals surface area contributed by atoms with Crippen molar-refractivity contribution >= 4 is 17.7 Å². The van der Waals surface area contributed by atoms with Crippen LogP contribution >= 0.6 is 0 Å². The molecule has 0 aliphatic carbocycles. The van der Waals surface area contributed by atoms with Crippen LogP contribution in [-0.4, -0.2) is 41.8 Å². The highest BCUT2D eigenvalue weighted by atomic mass is 16.6. The predicted molar refractivity (Wildman–Crippen MR) is 75.3 cm³/mol. The van der Waals surface area contributed by atoms with Gasteiger partial charge in [0.2, 0.25) is 0 Å². The average molecular weight is 278 g/mol. The fourth-order valence-corrected chi connectivity index (χ4v) is 1.63. The first-order valence-electron chi connectivity index (χ1n) is 6.03. The third kappa shape index (κ3) is 4.31. The van der Waals surface area contributed by atoms with Crippen molar-refractivity contribution in [1.29, 1.82) is 0 Å². The van der Waals surface area contributed by atoms with E-state index >= 15 is 0 Å². The van der Waals surface area contributed by atoms with E-state index < -0.39 is 18.1 Å². The van der Waals surface area contributed by atoms with Gasteiger partial charge in [0.25, 0.3) is 0 Å². The number of benzene rings is 1. The first-order valence-corrected chi connectivity index (χ1v) is 6.03. The molecule has 108 valence electrons. The fourth-order valence-electron chi connectivity index (χ4n) is 1.63. The lowest BCUT2D eigenvalue weighted by atomic mass is 10.0. The molecule has 0 aliphatic heterocycles. The maximum absolute atomic E-state index is 11.7. The summed E-state index contributed by atoms with van der Waals surface area (Å²) in [6, 6.07) is 5.83. The van der Waals surface area contributed by atoms with Crippen LogP contribution in [0.2, 0.25) is 0 Å². The maximum atomic E-state index is 11.7. The first kappa shape index (κ1) is 15.6. The Hall–Kier alpha value is -2.50. The van der Waals surface area contributed by atoms with Crippen LogP contribution in [-0.2, 0) is 16.0 Å². The van der Waals surface area contributed by atoms with E-state index in [4.69, 9.17) is 10.5 Å². The van der Waals surface area contributed by atoms with E-state index in [0.717, 1.165) is 10.5 Å². The summed E-state index contributed by atoms with van der Waals surface area (Å²) in [4.78, 5) is 24.0. The largest absolute Gasteiger partial charge is 0.480 e. The molecular weight excluding hydrogens is 260 g/mol. The highest BCUT2D eigenvalue weighted by Crippen LogP contribution is 2.12. The predicted octanol–water partition coefficient (Wildman–Crippen LogP) is 1.52. The van der Waals surface area contributed by atoms with Gasteiger partial charge in [0.1, 0.15) is 12.6 Å². The van der Waals surface area contributed by atoms with Crippen molar-refractivity contribution in [3.63, 3.8) is 0 Å². The van der Waals surface area contributed by atoms with Crippen LogP contribution in [0.4, 0.5) is 10.5 Å². The standard InChI is InChI=1S/C14H18N2O4/c1-3-8-20-14(19)16(2)12(13(17)18)9-10-4-6-11(15)7-5-10/h3-7,12H,1,8-9,15H2,2H3,(H,17,18). The van der Waals surface area contributed by atoms with Crippen LogP contribution < -0.4 is 5.73 Å². The summed E-state index contributed by atoms with van der Waals surface area (Å²) in [6.45, 7) is 3.46. The first-order chi connectivity index (χ1) is 9.45. The quantitative estimate of drug-likeness (QED) is 0.608. The molecule has 1 aromatic carbocycles. The van der Waals surface area contributed by atoms with Crippen LogP contribution in [0.15, 0.2) is 36.9 Å². The number of carbonyl (C=O) groups is 2. The number of carboxylic acids is 1. The maximum Gasteiger partial charge on any atom is 0.410 e. The molecule has 0 aromatic heterocycles. The number of carboxylic acid groups (broad SMARTS) is 1. The van der Waals surface area contributed by atoms with E-state index in [-0.39, 0.29) is 13.0 Å². The zero-order chi connectivity index (χ0) is 15.1. The third-order valence-corrected chi connectivity index (χ3v) is 2.77. The number of nitrogens with zero attached hydrogens (tertiary/aromatic N) is 1. The van der Waals surface area contributed by atoms with E-state index in [0.29, 0.717) is 5.69 Å². The SMILES string of the molecule is C=CCOC(=O)N(C)C(Cc1ccc(N)cc1)C(=O)O. The molecule has 6 heteroatoms. The van der Waals surface area contributed by atoms with Crippen molar-refractivity contribution in [2.45, 2.75) is 12.5 Å². The van der Waals surface area contributed by atoms with Crippen molar-refractivity contribution in [3.8, 4) is 0 Å². The number of nitrogens with two attached hydrogens (primary N) is 1. The van der Waals surface area contributed by atoms with Gasteiger partial charge < -0.3 is 15.6 Å². The van der Waals surface area contributed by atoms with Gasteiger partial charge in [0.15, 0.2) is 0 Å². The molecule has 0 bridgehead atoms. The molecule has 20 heavy (non-hydrogen) atoms. The van der Waals surface area contributed by atoms with Crippen molar-refractivity contribution in [2.24, 2.45) is 0 Å². The number of carbonyl (C=O) groups excluding carboxylic acids is 1. The van der Waals surface area contributed by atoms with Gasteiger partial charge >= 0.3 is 12.1 Å². The van der Waals surface area contributed by atoms with Gasteiger partial charge in [0, 0.05) is 19.2 Å². The second kappa shape index (κ2) is 7.18. The van der Waals surface area contributed by atoms with Crippen molar-refractivity contribution in [3.05, 3.63) is 42.5 Å². The number of anilines is 1. The van der Waals surface area contributed by atoms with Gasteiger partial charge in [-0.2, -0.15) is 0 Å². The van der Waals surface area contributed by atoms with Crippen molar-refractivity contribution < 1.29 is 19.4 Å².